The Bertz CT molecular complexity index is 106. The molecule has 0 aliphatic heterocycles. The van der Waals surface area contributed by atoms with E-state index in [1.807, 2.05) is 0 Å². The van der Waals surface area contributed by atoms with Gasteiger partial charge in [0.25, 0.3) is 0 Å². The highest BCUT2D eigenvalue weighted by Crippen LogP contribution is 2.07. The van der Waals surface area contributed by atoms with Crippen molar-refractivity contribution < 1.29 is 8.42 Å². The van der Waals surface area contributed by atoms with Crippen LogP contribution in [0.5, 0.6) is 0 Å². The molecule has 3 heteroatoms. The second kappa shape index (κ2) is 7.56. The third kappa shape index (κ3) is 7.56. The predicted molar refractivity (Wildman–Crippen MR) is 36.5 cm³/mol. The van der Waals surface area contributed by atoms with Gasteiger partial charge in [0.1, 0.15) is 0 Å². The average molecular weight is 146 g/mol. The highest BCUT2D eigenvalue weighted by molar-refractivity contribution is 7.51. The van der Waals surface area contributed by atoms with Gasteiger partial charge in [-0.2, -0.15) is 8.42 Å². The van der Waals surface area contributed by atoms with Gasteiger partial charge in [0, 0.05) is 0 Å². The van der Waals surface area contributed by atoms with E-state index in [1.165, 1.54) is 25.7 Å². The van der Waals surface area contributed by atoms with Crippen LogP contribution >= 0.6 is 0 Å². The normalized spacial score (nSPS) is 15.6. The highest BCUT2D eigenvalue weighted by Gasteiger charge is 1.87. The van der Waals surface area contributed by atoms with E-state index in [0.29, 0.717) is 0 Å². The Labute approximate surface area is 58.6 Å². The summed E-state index contributed by atoms with van der Waals surface area (Å²) in [5, 5.41) is 0. The first kappa shape index (κ1) is 8.56. The fraction of sp³-hybridized carbons (Fsp3) is 0.667. The lowest BCUT2D eigenvalue weighted by Gasteiger charge is -1.97. The largest absolute Gasteiger partial charge is 0.335 e. The van der Waals surface area contributed by atoms with E-state index >= 15 is 0 Å². The van der Waals surface area contributed by atoms with Crippen molar-refractivity contribution >= 4 is 11.6 Å². The lowest BCUT2D eigenvalue weighted by Crippen LogP contribution is -1.77. The topological polar surface area (TPSA) is 34.1 Å². The zero-order chi connectivity index (χ0) is 6.95. The monoisotopic (exact) mass is 146 g/mol. The average Bonchev–Trinajstić information content (AvgIpc) is 1.93. The minimum atomic E-state index is -0.750. The fourth-order valence-electron chi connectivity index (χ4n) is 0.760. The van der Waals surface area contributed by atoms with Crippen molar-refractivity contribution in [1.82, 2.24) is 0 Å². The molecule has 0 fully saturated rings. The van der Waals surface area contributed by atoms with Crippen LogP contribution in [-0.2, 0) is 11.6 Å². The van der Waals surface area contributed by atoms with E-state index in [0.717, 1.165) is 0 Å². The van der Waals surface area contributed by atoms with Crippen molar-refractivity contribution in [3.63, 3.8) is 0 Å². The molecule has 0 bridgehead atoms. The molecular weight excluding hydrogens is 136 g/mol. The summed E-state index contributed by atoms with van der Waals surface area (Å²) in [4.78, 5) is 0. The van der Waals surface area contributed by atoms with E-state index in [-0.39, 0.29) is 0 Å². The SMILES string of the molecule is C1=CCCCC1.O=S=O. The second-order valence-electron chi connectivity index (χ2n) is 1.82. The standard InChI is InChI=1S/C6H10.O2S/c1-2-4-6-5-3-1;1-3-2/h1-2H,3-6H2;. The Morgan fingerprint density at radius 3 is 1.44 bits per heavy atom. The Kier molecular flexibility index (Phi) is 7.19. The van der Waals surface area contributed by atoms with Crippen LogP contribution in [0.4, 0.5) is 0 Å². The molecule has 1 aliphatic carbocycles. The molecule has 0 unspecified atom stereocenters. The Morgan fingerprint density at radius 1 is 1.00 bits per heavy atom. The van der Waals surface area contributed by atoms with Crippen LogP contribution in [0, 0.1) is 0 Å². The predicted octanol–water partition coefficient (Wildman–Crippen LogP) is 1.45. The summed E-state index contributed by atoms with van der Waals surface area (Å²) in [6, 6.07) is 0. The quantitative estimate of drug-likeness (QED) is 0.485. The van der Waals surface area contributed by atoms with Gasteiger partial charge in [-0.3, -0.25) is 0 Å². The smallest absolute Gasteiger partial charge is 0.168 e. The summed E-state index contributed by atoms with van der Waals surface area (Å²) in [7, 11) is 0. The lowest BCUT2D eigenvalue weighted by molar-refractivity contribution is 0.630. The van der Waals surface area contributed by atoms with E-state index in [9.17, 15) is 0 Å². The van der Waals surface area contributed by atoms with Crippen LogP contribution in [0.15, 0.2) is 12.2 Å². The van der Waals surface area contributed by atoms with Crippen molar-refractivity contribution in [2.45, 2.75) is 25.7 Å². The Hall–Kier alpha value is -0.440. The first-order chi connectivity index (χ1) is 4.41. The van der Waals surface area contributed by atoms with Crippen molar-refractivity contribution in [2.24, 2.45) is 0 Å². The summed E-state index contributed by atoms with van der Waals surface area (Å²) in [5.41, 5.74) is 0. The van der Waals surface area contributed by atoms with Gasteiger partial charge in [-0.1, -0.05) is 12.2 Å². The van der Waals surface area contributed by atoms with Gasteiger partial charge >= 0.3 is 11.6 Å². The van der Waals surface area contributed by atoms with Crippen molar-refractivity contribution in [1.29, 1.82) is 0 Å². The summed E-state index contributed by atoms with van der Waals surface area (Å²) in [6.45, 7) is 0. The van der Waals surface area contributed by atoms with Gasteiger partial charge < -0.3 is 0 Å². The Balaban J connectivity index is 0.000000187. The van der Waals surface area contributed by atoms with E-state index < -0.39 is 11.6 Å². The Morgan fingerprint density at radius 2 is 1.33 bits per heavy atom. The molecule has 0 saturated carbocycles. The molecule has 0 atom stereocenters. The van der Waals surface area contributed by atoms with E-state index in [4.69, 9.17) is 8.42 Å². The summed E-state index contributed by atoms with van der Waals surface area (Å²) in [5.74, 6) is 0. The van der Waals surface area contributed by atoms with E-state index in [1.54, 1.807) is 0 Å². The highest BCUT2D eigenvalue weighted by atomic mass is 32.1. The van der Waals surface area contributed by atoms with Crippen LogP contribution in [0.25, 0.3) is 0 Å². The van der Waals surface area contributed by atoms with Gasteiger partial charge in [-0.15, -0.1) is 0 Å². The van der Waals surface area contributed by atoms with Gasteiger partial charge in [0.15, 0.2) is 0 Å². The minimum Gasteiger partial charge on any atom is -0.168 e. The number of rotatable bonds is 0. The molecule has 52 valence electrons. The lowest BCUT2D eigenvalue weighted by atomic mass is 10.1. The molecule has 1 aliphatic rings. The third-order valence-corrected chi connectivity index (χ3v) is 1.16. The first-order valence-corrected chi connectivity index (χ1v) is 3.65. The fourth-order valence-corrected chi connectivity index (χ4v) is 0.760. The maximum atomic E-state index is 8.29. The van der Waals surface area contributed by atoms with E-state index in [2.05, 4.69) is 12.2 Å². The number of allylic oxidation sites excluding steroid dienone is 2. The van der Waals surface area contributed by atoms with Gasteiger partial charge in [0.2, 0.25) is 0 Å². The zero-order valence-corrected chi connectivity index (χ0v) is 6.02. The van der Waals surface area contributed by atoms with Gasteiger partial charge in [0.05, 0.1) is 0 Å². The second-order valence-corrected chi connectivity index (χ2v) is 1.96. The minimum absolute atomic E-state index is 0.750. The van der Waals surface area contributed by atoms with Gasteiger partial charge in [-0.05, 0) is 25.7 Å². The first-order valence-electron chi connectivity index (χ1n) is 2.98. The molecule has 0 N–H and O–H groups in total. The van der Waals surface area contributed by atoms with Crippen LogP contribution in [0.2, 0.25) is 0 Å². The summed E-state index contributed by atoms with van der Waals surface area (Å²) in [6.07, 6.45) is 10.0. The van der Waals surface area contributed by atoms with Gasteiger partial charge in [-0.25, -0.2) is 0 Å². The summed E-state index contributed by atoms with van der Waals surface area (Å²) < 4.78 is 16.6. The summed E-state index contributed by atoms with van der Waals surface area (Å²) >= 11 is -0.750. The third-order valence-electron chi connectivity index (χ3n) is 1.16. The number of hydrogen-bond donors (Lipinski definition) is 0. The molecule has 0 aromatic heterocycles. The molecule has 0 saturated heterocycles. The molecule has 0 radical (unpaired) electrons. The molecule has 9 heavy (non-hydrogen) atoms. The molecular formula is C6H10O2S. The molecule has 0 aromatic carbocycles. The molecule has 1 rings (SSSR count). The van der Waals surface area contributed by atoms with Crippen molar-refractivity contribution in [3.05, 3.63) is 12.2 Å². The molecule has 0 amide bonds. The van der Waals surface area contributed by atoms with Crippen LogP contribution in [-0.4, -0.2) is 8.42 Å². The van der Waals surface area contributed by atoms with Crippen molar-refractivity contribution in [2.75, 3.05) is 0 Å². The van der Waals surface area contributed by atoms with Crippen LogP contribution in [0.1, 0.15) is 25.7 Å². The maximum absolute atomic E-state index is 8.29. The molecule has 2 nitrogen and oxygen atoms in total. The van der Waals surface area contributed by atoms with Crippen molar-refractivity contribution in [3.8, 4) is 0 Å². The zero-order valence-electron chi connectivity index (χ0n) is 5.21. The molecule has 0 aromatic rings. The van der Waals surface area contributed by atoms with Crippen LogP contribution in [0.3, 0.4) is 0 Å². The van der Waals surface area contributed by atoms with Crippen LogP contribution < -0.4 is 0 Å². The maximum Gasteiger partial charge on any atom is 0.335 e. The molecule has 0 spiro atoms. The number of hydrogen-bond acceptors (Lipinski definition) is 2. The molecule has 0 heterocycles.